The third-order valence-corrected chi connectivity index (χ3v) is 22.9. The maximum absolute atomic E-state index is 11.7. The fraction of sp³-hybridized carbons (Fsp3) is 0.233. The van der Waals surface area contributed by atoms with Crippen LogP contribution < -0.4 is 26.2 Å². The molecule has 1 aromatic heterocycles. The molecule has 534 valence electrons. The molecule has 0 N–H and O–H groups in total. The molecule has 16 rings (SSSR count). The van der Waals surface area contributed by atoms with Gasteiger partial charge in [0.15, 0.2) is 0 Å². The fourth-order valence-corrected chi connectivity index (χ4v) is 16.6. The van der Waals surface area contributed by atoms with Crippen molar-refractivity contribution in [1.82, 2.24) is 4.57 Å². The Bertz CT molecular complexity index is 5760. The molecule has 3 heterocycles. The van der Waals surface area contributed by atoms with E-state index >= 15 is 0 Å². The van der Waals surface area contributed by atoms with Crippen molar-refractivity contribution < 1.29 is 0 Å². The summed E-state index contributed by atoms with van der Waals surface area (Å²) in [5.74, 6) is 0. The molecule has 0 saturated heterocycles. The second-order valence-electron chi connectivity index (χ2n) is 36.6. The average molecular weight is 1400 g/mol. The SMILES string of the molecule is CC(C)(C)c1cc(-c2cc3c4c(c2)N(c2c(-c5ccccc5)cc(C(C)(C)C)cc2-c2ccccc2)c2cc(-c5ccccc5)ccc2B4c2cc(-n4c5ccc(C(C)(C)C)cc5c5cc(C(C)(C)C)cc(C#N)c54)ccc2N3c2c(-c3ccccc3)cc(C(C)(C)C)cc2-c2ccccc2)cc(C(C)(C)C)c1. The summed E-state index contributed by atoms with van der Waals surface area (Å²) in [6.45, 7) is 41.6. The smallest absolute Gasteiger partial charge is 0.252 e. The first-order chi connectivity index (χ1) is 51.3. The minimum absolute atomic E-state index is 0.129. The van der Waals surface area contributed by atoms with Crippen LogP contribution in [0.15, 0.2) is 273 Å². The number of aromatic nitrogens is 1. The highest BCUT2D eigenvalue weighted by atomic mass is 15.2. The van der Waals surface area contributed by atoms with Gasteiger partial charge >= 0.3 is 0 Å². The first-order valence-electron chi connectivity index (χ1n) is 38.7. The summed E-state index contributed by atoms with van der Waals surface area (Å²) in [5.41, 5.74) is 33.8. The maximum Gasteiger partial charge on any atom is 0.252 e. The molecular formula is C103H99BN4. The molecule has 4 nitrogen and oxygen atoms in total. The monoisotopic (exact) mass is 1400 g/mol. The van der Waals surface area contributed by atoms with Gasteiger partial charge in [-0.25, -0.2) is 0 Å². The van der Waals surface area contributed by atoms with Gasteiger partial charge in [-0.2, -0.15) is 5.26 Å². The number of nitriles is 1. The number of anilines is 6. The Hall–Kier alpha value is -11.2. The molecular weight excluding hydrogens is 1300 g/mol. The van der Waals surface area contributed by atoms with E-state index in [0.29, 0.717) is 5.56 Å². The van der Waals surface area contributed by atoms with Crippen molar-refractivity contribution in [3.8, 4) is 78.5 Å². The first-order valence-corrected chi connectivity index (χ1v) is 38.7. The fourth-order valence-electron chi connectivity index (χ4n) is 16.6. The molecule has 0 saturated carbocycles. The summed E-state index contributed by atoms with van der Waals surface area (Å²) in [7, 11) is 0. The average Bonchev–Trinajstić information content (AvgIpc) is 1.12. The van der Waals surface area contributed by atoms with Crippen molar-refractivity contribution in [3.05, 3.63) is 312 Å². The first kappa shape index (κ1) is 71.1. The van der Waals surface area contributed by atoms with Crippen molar-refractivity contribution in [2.45, 2.75) is 157 Å². The molecule has 108 heavy (non-hydrogen) atoms. The topological polar surface area (TPSA) is 35.2 Å². The molecule has 0 unspecified atom stereocenters. The zero-order chi connectivity index (χ0) is 75.9. The third-order valence-electron chi connectivity index (χ3n) is 22.9. The second-order valence-corrected chi connectivity index (χ2v) is 36.6. The highest BCUT2D eigenvalue weighted by molar-refractivity contribution is 7.00. The quantitative estimate of drug-likeness (QED) is 0.135. The minimum atomic E-state index is -0.343. The lowest BCUT2D eigenvalue weighted by atomic mass is 9.33. The minimum Gasteiger partial charge on any atom is -0.310 e. The van der Waals surface area contributed by atoms with Gasteiger partial charge in [0.2, 0.25) is 0 Å². The molecule has 5 heteroatoms. The summed E-state index contributed by atoms with van der Waals surface area (Å²) < 4.78 is 2.42. The standard InChI is InChI=1S/C103H99BN4/c1-98(2,3)74-45-48-89-85(57-74)86-62-77(101(10,11)12)52-73(64-105)95(86)106(89)80-46-49-90-88(63-80)104-87-47-44-70(65-34-24-19-25-35-65)53-91(87)108(97-83(68-40-30-22-31-41-68)60-79(103(16,17)18)61-84(97)69-42-32-23-33-43-69)93-55-72(71-50-75(99(4,5)6)56-76(51-71)100(7,8)9)54-92(94(93)104)107(90)96-81(66-36-26-20-27-37-66)58-78(102(13,14)15)59-82(96)67-38-28-21-29-39-67/h19-63H,1-18H3. The largest absolute Gasteiger partial charge is 0.310 e. The Labute approximate surface area is 642 Å². The van der Waals surface area contributed by atoms with Crippen LogP contribution in [-0.2, 0) is 32.5 Å². The Balaban J connectivity index is 1.15. The normalized spacial score (nSPS) is 13.2. The maximum atomic E-state index is 11.7. The predicted molar refractivity (Wildman–Crippen MR) is 464 cm³/mol. The number of hydrogen-bond acceptors (Lipinski definition) is 3. The molecule has 0 spiro atoms. The van der Waals surface area contributed by atoms with E-state index < -0.39 is 0 Å². The molecule has 0 fully saturated rings. The van der Waals surface area contributed by atoms with E-state index in [2.05, 4.69) is 418 Å². The number of hydrogen-bond donors (Lipinski definition) is 0. The Morgan fingerprint density at radius 3 is 1.08 bits per heavy atom. The summed E-state index contributed by atoms with van der Waals surface area (Å²) in [5, 5.41) is 13.9. The molecule has 14 aromatic rings. The van der Waals surface area contributed by atoms with Crippen LogP contribution >= 0.6 is 0 Å². The van der Waals surface area contributed by atoms with Gasteiger partial charge in [0.25, 0.3) is 6.71 Å². The van der Waals surface area contributed by atoms with E-state index in [1.54, 1.807) is 0 Å². The number of rotatable bonds is 9. The van der Waals surface area contributed by atoms with Crippen molar-refractivity contribution >= 4 is 79.0 Å². The summed E-state index contributed by atoms with van der Waals surface area (Å²) >= 11 is 0. The third kappa shape index (κ3) is 12.6. The number of fused-ring (bicyclic) bond motifs is 7. The molecule has 13 aromatic carbocycles. The van der Waals surface area contributed by atoms with Crippen LogP contribution in [0.2, 0.25) is 0 Å². The lowest BCUT2D eigenvalue weighted by Gasteiger charge is -2.46. The Morgan fingerprint density at radius 1 is 0.278 bits per heavy atom. The molecule has 2 aliphatic rings. The number of nitrogens with zero attached hydrogens (tertiary/aromatic N) is 4. The van der Waals surface area contributed by atoms with E-state index in [0.717, 1.165) is 134 Å². The molecule has 0 radical (unpaired) electrons. The summed E-state index contributed by atoms with van der Waals surface area (Å²) in [6.07, 6.45) is 0. The lowest BCUT2D eigenvalue weighted by Crippen LogP contribution is -2.61. The number of benzene rings is 13. The van der Waals surface area contributed by atoms with E-state index in [-0.39, 0.29) is 39.2 Å². The van der Waals surface area contributed by atoms with Gasteiger partial charge in [-0.05, 0) is 212 Å². The Morgan fingerprint density at radius 2 is 0.657 bits per heavy atom. The van der Waals surface area contributed by atoms with Gasteiger partial charge in [0.05, 0.1) is 28.0 Å². The van der Waals surface area contributed by atoms with Gasteiger partial charge < -0.3 is 14.4 Å². The van der Waals surface area contributed by atoms with Crippen LogP contribution in [0.1, 0.15) is 164 Å². The summed E-state index contributed by atoms with van der Waals surface area (Å²) in [6, 6.07) is 107. The van der Waals surface area contributed by atoms with Crippen LogP contribution in [0.25, 0.3) is 94.3 Å². The van der Waals surface area contributed by atoms with E-state index in [1.165, 1.54) is 44.3 Å². The van der Waals surface area contributed by atoms with Crippen LogP contribution in [0.5, 0.6) is 0 Å². The molecule has 0 amide bonds. The van der Waals surface area contributed by atoms with Crippen LogP contribution in [0.3, 0.4) is 0 Å². The van der Waals surface area contributed by atoms with Gasteiger partial charge in [-0.15, -0.1) is 0 Å². The van der Waals surface area contributed by atoms with Crippen LogP contribution in [0, 0.1) is 11.3 Å². The molecule has 2 aliphatic heterocycles. The molecule has 0 bridgehead atoms. The van der Waals surface area contributed by atoms with E-state index in [1.807, 2.05) is 0 Å². The van der Waals surface area contributed by atoms with E-state index in [9.17, 15) is 5.26 Å². The van der Waals surface area contributed by atoms with Crippen molar-refractivity contribution in [1.29, 1.82) is 5.26 Å². The molecule has 0 atom stereocenters. The Kier molecular flexibility index (Phi) is 17.2. The van der Waals surface area contributed by atoms with Crippen LogP contribution in [0.4, 0.5) is 34.1 Å². The van der Waals surface area contributed by atoms with Gasteiger partial charge in [-0.1, -0.05) is 313 Å². The van der Waals surface area contributed by atoms with Gasteiger partial charge in [-0.3, -0.25) is 0 Å². The van der Waals surface area contributed by atoms with Crippen LogP contribution in [-0.4, -0.2) is 11.3 Å². The highest BCUT2D eigenvalue weighted by Crippen LogP contribution is 2.56. The highest BCUT2D eigenvalue weighted by Gasteiger charge is 2.47. The van der Waals surface area contributed by atoms with Crippen molar-refractivity contribution in [2.24, 2.45) is 0 Å². The summed E-state index contributed by atoms with van der Waals surface area (Å²) in [4.78, 5) is 5.42. The second kappa shape index (κ2) is 26.1. The lowest BCUT2D eigenvalue weighted by molar-refractivity contribution is 0.569. The zero-order valence-electron chi connectivity index (χ0n) is 66.3. The van der Waals surface area contributed by atoms with Gasteiger partial charge in [0, 0.05) is 61.5 Å². The van der Waals surface area contributed by atoms with Gasteiger partial charge in [0.1, 0.15) is 6.07 Å². The zero-order valence-corrected chi connectivity index (χ0v) is 66.3. The van der Waals surface area contributed by atoms with E-state index in [4.69, 9.17) is 0 Å². The van der Waals surface area contributed by atoms with Crippen molar-refractivity contribution in [3.63, 3.8) is 0 Å². The molecule has 0 aliphatic carbocycles. The predicted octanol–water partition coefficient (Wildman–Crippen LogP) is 26.5. The van der Waals surface area contributed by atoms with Crippen molar-refractivity contribution in [2.75, 3.05) is 9.80 Å².